The highest BCUT2D eigenvalue weighted by Crippen LogP contribution is 2.24. The first-order valence-corrected chi connectivity index (χ1v) is 7.31. The maximum atomic E-state index is 12.6. The van der Waals surface area contributed by atoms with Crippen molar-refractivity contribution in [1.29, 1.82) is 0 Å². The van der Waals surface area contributed by atoms with Gasteiger partial charge in [0.05, 0.1) is 10.7 Å². The van der Waals surface area contributed by atoms with Crippen LogP contribution in [0.15, 0.2) is 24.3 Å². The van der Waals surface area contributed by atoms with Crippen LogP contribution < -0.4 is 4.90 Å². The van der Waals surface area contributed by atoms with Crippen molar-refractivity contribution >= 4 is 40.5 Å². The number of aromatic nitrogens is 1. The minimum absolute atomic E-state index is 0.372. The number of aryl methyl sites for hydroxylation is 2. The summed E-state index contributed by atoms with van der Waals surface area (Å²) in [5, 5.41) is 10.3. The van der Waals surface area contributed by atoms with Crippen molar-refractivity contribution in [3.63, 3.8) is 0 Å². The summed E-state index contributed by atoms with van der Waals surface area (Å²) in [5.41, 5.74) is 1.09. The highest BCUT2D eigenvalue weighted by Gasteiger charge is 2.24. The summed E-state index contributed by atoms with van der Waals surface area (Å²) in [6.45, 7) is 3.12. The lowest BCUT2D eigenvalue weighted by atomic mass is 10.2. The number of hydrogen-bond donors (Lipinski definition) is 1. The van der Waals surface area contributed by atoms with E-state index in [1.807, 2.05) is 0 Å². The Morgan fingerprint density at radius 3 is 2.38 bits per heavy atom. The number of halogens is 1. The fourth-order valence-corrected chi connectivity index (χ4v) is 2.88. The molecule has 0 unspecified atom stereocenters. The van der Waals surface area contributed by atoms with Gasteiger partial charge in [0.25, 0.3) is 5.91 Å². The van der Waals surface area contributed by atoms with Crippen LogP contribution in [-0.2, 0) is 4.79 Å². The molecule has 5 nitrogen and oxygen atoms in total. The van der Waals surface area contributed by atoms with Crippen LogP contribution in [0.4, 0.5) is 5.69 Å². The van der Waals surface area contributed by atoms with E-state index in [1.54, 1.807) is 38.1 Å². The van der Waals surface area contributed by atoms with Crippen molar-refractivity contribution in [1.82, 2.24) is 4.98 Å². The molecule has 0 bridgehead atoms. The summed E-state index contributed by atoms with van der Waals surface area (Å²) in [6.07, 6.45) is 0. The second kappa shape index (κ2) is 6.24. The fourth-order valence-electron chi connectivity index (χ4n) is 1.89. The van der Waals surface area contributed by atoms with Gasteiger partial charge in [0.15, 0.2) is 0 Å². The van der Waals surface area contributed by atoms with E-state index in [0.29, 0.717) is 21.3 Å². The number of hydrogen-bond acceptors (Lipinski definition) is 4. The van der Waals surface area contributed by atoms with E-state index in [-0.39, 0.29) is 5.91 Å². The number of carboxylic acid groups (broad SMARTS) is 1. The van der Waals surface area contributed by atoms with Crippen LogP contribution in [0.3, 0.4) is 0 Å². The van der Waals surface area contributed by atoms with Gasteiger partial charge in [-0.1, -0.05) is 11.6 Å². The van der Waals surface area contributed by atoms with Crippen LogP contribution in [0.2, 0.25) is 5.02 Å². The molecule has 1 amide bonds. The number of carboxylic acids is 1. The van der Waals surface area contributed by atoms with Gasteiger partial charge in [0, 0.05) is 10.7 Å². The molecule has 0 aliphatic rings. The lowest BCUT2D eigenvalue weighted by Crippen LogP contribution is -2.35. The van der Waals surface area contributed by atoms with Crippen molar-refractivity contribution in [3.05, 3.63) is 44.9 Å². The summed E-state index contributed by atoms with van der Waals surface area (Å²) in [7, 11) is 0. The number of carbonyl (C=O) groups is 2. The number of thiazole rings is 1. The van der Waals surface area contributed by atoms with Crippen LogP contribution in [0.1, 0.15) is 20.4 Å². The molecule has 1 N–H and O–H groups in total. The van der Waals surface area contributed by atoms with Gasteiger partial charge in [-0.3, -0.25) is 14.5 Å². The van der Waals surface area contributed by atoms with Crippen molar-refractivity contribution in [2.75, 3.05) is 11.4 Å². The summed E-state index contributed by atoms with van der Waals surface area (Å²) in [4.78, 5) is 29.5. The maximum Gasteiger partial charge on any atom is 0.323 e. The van der Waals surface area contributed by atoms with E-state index >= 15 is 0 Å². The second-order valence-corrected chi connectivity index (χ2v) is 6.05. The second-order valence-electron chi connectivity index (χ2n) is 4.41. The SMILES string of the molecule is Cc1nc(C)c(C(=O)N(CC(=O)O)c2ccc(Cl)cc2)s1. The Balaban J connectivity index is 2.40. The molecule has 2 rings (SSSR count). The Hall–Kier alpha value is -1.92. The first kappa shape index (κ1) is 15.5. The molecule has 0 saturated heterocycles. The number of anilines is 1. The van der Waals surface area contributed by atoms with E-state index in [0.717, 1.165) is 5.01 Å². The molecule has 1 heterocycles. The third-order valence-corrected chi connectivity index (χ3v) is 4.09. The topological polar surface area (TPSA) is 70.5 Å². The molecule has 1 aromatic carbocycles. The number of nitrogens with zero attached hydrogens (tertiary/aromatic N) is 2. The minimum Gasteiger partial charge on any atom is -0.480 e. The zero-order valence-corrected chi connectivity index (χ0v) is 13.0. The van der Waals surface area contributed by atoms with Gasteiger partial charge in [-0.25, -0.2) is 4.98 Å². The molecule has 0 spiro atoms. The van der Waals surface area contributed by atoms with Gasteiger partial charge in [0.1, 0.15) is 11.4 Å². The first-order chi connectivity index (χ1) is 9.88. The van der Waals surface area contributed by atoms with Crippen molar-refractivity contribution in [2.24, 2.45) is 0 Å². The van der Waals surface area contributed by atoms with Gasteiger partial charge in [-0.05, 0) is 38.1 Å². The highest BCUT2D eigenvalue weighted by molar-refractivity contribution is 7.13. The van der Waals surface area contributed by atoms with E-state index in [4.69, 9.17) is 16.7 Å². The Bertz CT molecular complexity index is 682. The largest absolute Gasteiger partial charge is 0.480 e. The van der Waals surface area contributed by atoms with E-state index in [1.165, 1.54) is 16.2 Å². The lowest BCUT2D eigenvalue weighted by Gasteiger charge is -2.20. The Kier molecular flexibility index (Phi) is 4.59. The Labute approximate surface area is 130 Å². The van der Waals surface area contributed by atoms with Crippen molar-refractivity contribution in [3.8, 4) is 0 Å². The number of rotatable bonds is 4. The summed E-state index contributed by atoms with van der Waals surface area (Å²) in [6, 6.07) is 6.46. The van der Waals surface area contributed by atoms with E-state index < -0.39 is 12.5 Å². The molecule has 0 fully saturated rings. The molecule has 0 aliphatic heterocycles. The number of benzene rings is 1. The predicted octanol–water partition coefficient (Wildman–Crippen LogP) is 3.14. The van der Waals surface area contributed by atoms with Gasteiger partial charge < -0.3 is 5.11 Å². The standard InChI is InChI=1S/C14H13ClN2O3S/c1-8-13(21-9(2)16-8)14(20)17(7-12(18)19)11-5-3-10(15)4-6-11/h3-6H,7H2,1-2H3,(H,18,19). The van der Waals surface area contributed by atoms with Crippen LogP contribution in [0.25, 0.3) is 0 Å². The quantitative estimate of drug-likeness (QED) is 0.938. The zero-order chi connectivity index (χ0) is 15.6. The number of carbonyl (C=O) groups excluding carboxylic acids is 1. The monoisotopic (exact) mass is 324 g/mol. The number of amides is 1. The minimum atomic E-state index is -1.09. The third kappa shape index (κ3) is 3.59. The smallest absolute Gasteiger partial charge is 0.323 e. The first-order valence-electron chi connectivity index (χ1n) is 6.11. The number of aliphatic carboxylic acids is 1. The molecule has 0 saturated carbocycles. The van der Waals surface area contributed by atoms with Gasteiger partial charge in [-0.15, -0.1) is 11.3 Å². The zero-order valence-electron chi connectivity index (χ0n) is 11.5. The van der Waals surface area contributed by atoms with Crippen LogP contribution in [0, 0.1) is 13.8 Å². The van der Waals surface area contributed by atoms with Gasteiger partial charge in [0.2, 0.25) is 0 Å². The average Bonchev–Trinajstić information content (AvgIpc) is 2.75. The van der Waals surface area contributed by atoms with E-state index in [2.05, 4.69) is 4.98 Å². The van der Waals surface area contributed by atoms with E-state index in [9.17, 15) is 9.59 Å². The Morgan fingerprint density at radius 1 is 1.29 bits per heavy atom. The van der Waals surface area contributed by atoms with Crippen LogP contribution >= 0.6 is 22.9 Å². The fraction of sp³-hybridized carbons (Fsp3) is 0.214. The van der Waals surface area contributed by atoms with Crippen molar-refractivity contribution < 1.29 is 14.7 Å². The molecule has 0 radical (unpaired) electrons. The molecule has 110 valence electrons. The molecular formula is C14H13ClN2O3S. The van der Waals surface area contributed by atoms with Crippen LogP contribution in [-0.4, -0.2) is 28.5 Å². The third-order valence-electron chi connectivity index (χ3n) is 2.77. The van der Waals surface area contributed by atoms with Crippen molar-refractivity contribution in [2.45, 2.75) is 13.8 Å². The summed E-state index contributed by atoms with van der Waals surface area (Å²) >= 11 is 7.07. The Morgan fingerprint density at radius 2 is 1.90 bits per heavy atom. The molecular weight excluding hydrogens is 312 g/mol. The maximum absolute atomic E-state index is 12.6. The predicted molar refractivity (Wildman–Crippen MR) is 82.4 cm³/mol. The molecule has 7 heteroatoms. The lowest BCUT2D eigenvalue weighted by molar-refractivity contribution is -0.135. The van der Waals surface area contributed by atoms with Gasteiger partial charge >= 0.3 is 5.97 Å². The molecule has 2 aromatic rings. The molecule has 21 heavy (non-hydrogen) atoms. The molecule has 1 aromatic heterocycles. The van der Waals surface area contributed by atoms with Gasteiger partial charge in [-0.2, -0.15) is 0 Å². The summed E-state index contributed by atoms with van der Waals surface area (Å²) < 4.78 is 0. The van der Waals surface area contributed by atoms with Crippen LogP contribution in [0.5, 0.6) is 0 Å². The normalized spacial score (nSPS) is 10.4. The average molecular weight is 325 g/mol. The summed E-state index contributed by atoms with van der Waals surface area (Å²) in [5.74, 6) is -1.46. The highest BCUT2D eigenvalue weighted by atomic mass is 35.5. The molecule has 0 atom stereocenters. The molecule has 0 aliphatic carbocycles.